The van der Waals surface area contributed by atoms with E-state index in [-0.39, 0.29) is 49.1 Å². The van der Waals surface area contributed by atoms with Gasteiger partial charge in [-0.2, -0.15) is 0 Å². The molecular weight excluding hydrogens is 407 g/mol. The van der Waals surface area contributed by atoms with Gasteiger partial charge < -0.3 is 19.3 Å². The topological polar surface area (TPSA) is 79.4 Å². The lowest BCUT2D eigenvalue weighted by Crippen LogP contribution is -2.48. The van der Waals surface area contributed by atoms with Crippen LogP contribution in [-0.2, 0) is 9.53 Å². The van der Waals surface area contributed by atoms with Crippen LogP contribution in [0.25, 0.3) is 0 Å². The zero-order valence-corrected chi connectivity index (χ0v) is 16.4. The minimum atomic E-state index is -4.79. The molecule has 4 amide bonds. The number of nitrogens with zero attached hydrogens (tertiary/aromatic N) is 3. The fraction of sp³-hybridized carbons (Fsp3) is 0.526. The monoisotopic (exact) mass is 429 g/mol. The lowest BCUT2D eigenvalue weighted by molar-refractivity contribution is -0.274. The first-order valence-electron chi connectivity index (χ1n) is 9.44. The van der Waals surface area contributed by atoms with Crippen LogP contribution in [0.2, 0.25) is 0 Å². The van der Waals surface area contributed by atoms with E-state index in [1.165, 1.54) is 29.0 Å². The molecule has 0 spiro atoms. The molecule has 2 aliphatic rings. The smallest absolute Gasteiger partial charge is 0.406 e. The fourth-order valence-electron chi connectivity index (χ4n) is 3.61. The SMILES string of the molecule is COCCN1C(=O)CN(C2CCN(C(=O)c3ccc(OC(F)(F)F)cc3)CC2)C1=O. The molecule has 0 atom stereocenters. The summed E-state index contributed by atoms with van der Waals surface area (Å²) in [4.78, 5) is 41.5. The van der Waals surface area contributed by atoms with E-state index >= 15 is 0 Å². The summed E-state index contributed by atoms with van der Waals surface area (Å²) in [6, 6.07) is 4.26. The number of likely N-dealkylation sites (tertiary alicyclic amines) is 1. The standard InChI is InChI=1S/C19H22F3N3O5/c1-29-11-10-24-16(26)12-25(18(24)28)14-6-8-23(9-7-14)17(27)13-2-4-15(5-3-13)30-19(20,21)22/h2-5,14H,6-12H2,1H3. The van der Waals surface area contributed by atoms with E-state index in [1.54, 1.807) is 4.90 Å². The molecule has 0 aliphatic carbocycles. The summed E-state index contributed by atoms with van der Waals surface area (Å²) in [7, 11) is 1.49. The Hall–Kier alpha value is -2.82. The number of imide groups is 1. The Kier molecular flexibility index (Phi) is 6.49. The van der Waals surface area contributed by atoms with Gasteiger partial charge in [-0.15, -0.1) is 13.2 Å². The number of hydrogen-bond acceptors (Lipinski definition) is 5. The average molecular weight is 429 g/mol. The highest BCUT2D eigenvalue weighted by Gasteiger charge is 2.40. The van der Waals surface area contributed by atoms with Crippen molar-refractivity contribution in [2.45, 2.75) is 25.2 Å². The first-order chi connectivity index (χ1) is 14.2. The maximum Gasteiger partial charge on any atom is 0.573 e. The zero-order valence-electron chi connectivity index (χ0n) is 16.4. The molecule has 0 aromatic heterocycles. The largest absolute Gasteiger partial charge is 0.573 e. The molecule has 0 N–H and O–H groups in total. The number of urea groups is 1. The van der Waals surface area contributed by atoms with Crippen molar-refractivity contribution in [1.29, 1.82) is 0 Å². The Balaban J connectivity index is 1.54. The molecule has 0 unspecified atom stereocenters. The molecule has 2 fully saturated rings. The number of carbonyl (C=O) groups is 3. The first kappa shape index (κ1) is 21.9. The van der Waals surface area contributed by atoms with Crippen LogP contribution >= 0.6 is 0 Å². The fourth-order valence-corrected chi connectivity index (χ4v) is 3.61. The number of hydrogen-bond donors (Lipinski definition) is 0. The molecule has 2 aliphatic heterocycles. The molecule has 30 heavy (non-hydrogen) atoms. The molecule has 3 rings (SSSR count). The van der Waals surface area contributed by atoms with Crippen molar-refractivity contribution in [3.63, 3.8) is 0 Å². The molecule has 11 heteroatoms. The van der Waals surface area contributed by atoms with Gasteiger partial charge in [0, 0.05) is 31.8 Å². The van der Waals surface area contributed by atoms with Crippen LogP contribution in [0.5, 0.6) is 5.75 Å². The van der Waals surface area contributed by atoms with Gasteiger partial charge in [-0.3, -0.25) is 14.5 Å². The van der Waals surface area contributed by atoms with E-state index in [4.69, 9.17) is 4.74 Å². The minimum Gasteiger partial charge on any atom is -0.406 e. The normalized spacial score (nSPS) is 18.3. The van der Waals surface area contributed by atoms with Gasteiger partial charge in [-0.1, -0.05) is 0 Å². The van der Waals surface area contributed by atoms with Gasteiger partial charge in [0.2, 0.25) is 5.91 Å². The number of benzene rings is 1. The lowest BCUT2D eigenvalue weighted by Gasteiger charge is -2.36. The number of piperidine rings is 1. The predicted molar refractivity (Wildman–Crippen MR) is 97.7 cm³/mol. The van der Waals surface area contributed by atoms with Crippen molar-refractivity contribution in [3.05, 3.63) is 29.8 Å². The second-order valence-corrected chi connectivity index (χ2v) is 7.04. The number of halogens is 3. The van der Waals surface area contributed by atoms with Crippen molar-refractivity contribution < 1.29 is 37.0 Å². The van der Waals surface area contributed by atoms with Crippen LogP contribution in [0.4, 0.5) is 18.0 Å². The summed E-state index contributed by atoms with van der Waals surface area (Å²) < 4.78 is 45.4. The molecular formula is C19H22F3N3O5. The number of alkyl halides is 3. The number of rotatable bonds is 6. The third kappa shape index (κ3) is 5.02. The number of amides is 4. The average Bonchev–Trinajstić information content (AvgIpc) is 2.99. The van der Waals surface area contributed by atoms with E-state index in [1.807, 2.05) is 0 Å². The van der Waals surface area contributed by atoms with E-state index in [9.17, 15) is 27.6 Å². The van der Waals surface area contributed by atoms with Crippen molar-refractivity contribution in [2.75, 3.05) is 39.9 Å². The van der Waals surface area contributed by atoms with E-state index in [0.717, 1.165) is 12.1 Å². The number of ether oxygens (including phenoxy) is 2. The second-order valence-electron chi connectivity index (χ2n) is 7.04. The highest BCUT2D eigenvalue weighted by atomic mass is 19.4. The number of methoxy groups -OCH3 is 1. The van der Waals surface area contributed by atoms with Gasteiger partial charge in [0.05, 0.1) is 13.2 Å². The second kappa shape index (κ2) is 8.90. The van der Waals surface area contributed by atoms with Crippen molar-refractivity contribution in [1.82, 2.24) is 14.7 Å². The lowest BCUT2D eigenvalue weighted by atomic mass is 10.0. The molecule has 1 aromatic rings. The van der Waals surface area contributed by atoms with Gasteiger partial charge in [0.15, 0.2) is 0 Å². The van der Waals surface area contributed by atoms with Gasteiger partial charge in [0.25, 0.3) is 5.91 Å². The molecule has 0 saturated carbocycles. The Labute approximate surface area is 171 Å². The predicted octanol–water partition coefficient (Wildman–Crippen LogP) is 2.10. The van der Waals surface area contributed by atoms with Gasteiger partial charge in [0.1, 0.15) is 12.3 Å². The van der Waals surface area contributed by atoms with Crippen molar-refractivity contribution in [3.8, 4) is 5.75 Å². The summed E-state index contributed by atoms with van der Waals surface area (Å²) in [5.41, 5.74) is 0.251. The van der Waals surface area contributed by atoms with Crippen LogP contribution in [0.1, 0.15) is 23.2 Å². The molecule has 1 aromatic carbocycles. The molecule has 8 nitrogen and oxygen atoms in total. The highest BCUT2D eigenvalue weighted by Crippen LogP contribution is 2.25. The van der Waals surface area contributed by atoms with Crippen LogP contribution in [0.3, 0.4) is 0 Å². The summed E-state index contributed by atoms with van der Waals surface area (Å²) in [5, 5.41) is 0. The Morgan fingerprint density at radius 3 is 2.33 bits per heavy atom. The Morgan fingerprint density at radius 2 is 1.77 bits per heavy atom. The maximum absolute atomic E-state index is 12.6. The van der Waals surface area contributed by atoms with Crippen LogP contribution < -0.4 is 4.74 Å². The van der Waals surface area contributed by atoms with E-state index < -0.39 is 12.1 Å². The Morgan fingerprint density at radius 1 is 1.13 bits per heavy atom. The van der Waals surface area contributed by atoms with Gasteiger partial charge >= 0.3 is 12.4 Å². The van der Waals surface area contributed by atoms with Crippen LogP contribution in [0, 0.1) is 0 Å². The summed E-state index contributed by atoms with van der Waals surface area (Å²) in [6.45, 7) is 1.24. The first-order valence-corrected chi connectivity index (χ1v) is 9.44. The molecule has 0 bridgehead atoms. The summed E-state index contributed by atoms with van der Waals surface area (Å²) in [5.74, 6) is -0.970. The number of carbonyl (C=O) groups excluding carboxylic acids is 3. The maximum atomic E-state index is 12.6. The van der Waals surface area contributed by atoms with Gasteiger partial charge in [-0.05, 0) is 37.1 Å². The molecule has 0 radical (unpaired) electrons. The zero-order chi connectivity index (χ0) is 21.9. The van der Waals surface area contributed by atoms with Gasteiger partial charge in [-0.25, -0.2) is 4.79 Å². The molecule has 2 saturated heterocycles. The minimum absolute atomic E-state index is 0.0157. The highest BCUT2D eigenvalue weighted by molar-refractivity contribution is 6.02. The van der Waals surface area contributed by atoms with E-state index in [0.29, 0.717) is 25.9 Å². The Bertz CT molecular complexity index is 792. The van der Waals surface area contributed by atoms with Crippen molar-refractivity contribution in [2.24, 2.45) is 0 Å². The van der Waals surface area contributed by atoms with Crippen LogP contribution in [0.15, 0.2) is 24.3 Å². The van der Waals surface area contributed by atoms with Crippen molar-refractivity contribution >= 4 is 17.8 Å². The summed E-state index contributed by atoms with van der Waals surface area (Å²) in [6.07, 6.45) is -3.77. The van der Waals surface area contributed by atoms with Crippen LogP contribution in [-0.4, -0.2) is 84.8 Å². The third-order valence-electron chi connectivity index (χ3n) is 5.13. The quantitative estimate of drug-likeness (QED) is 0.648. The molecule has 2 heterocycles. The van der Waals surface area contributed by atoms with E-state index in [2.05, 4.69) is 4.74 Å². The molecule has 164 valence electrons. The summed E-state index contributed by atoms with van der Waals surface area (Å²) >= 11 is 0. The third-order valence-corrected chi connectivity index (χ3v) is 5.13.